The van der Waals surface area contributed by atoms with E-state index in [9.17, 15) is 26.3 Å². The first-order chi connectivity index (χ1) is 9.64. The van der Waals surface area contributed by atoms with Crippen molar-refractivity contribution >= 4 is 12.4 Å². The topological polar surface area (TPSA) is 21.3 Å². The second-order valence-electron chi connectivity index (χ2n) is 4.78. The van der Waals surface area contributed by atoms with Gasteiger partial charge in [0, 0.05) is 11.6 Å². The van der Waals surface area contributed by atoms with Crippen LogP contribution in [0.3, 0.4) is 0 Å². The molecule has 0 spiro atoms. The lowest BCUT2D eigenvalue weighted by Gasteiger charge is -2.23. The second kappa shape index (κ2) is 6.54. The van der Waals surface area contributed by atoms with E-state index in [-0.39, 0.29) is 24.0 Å². The van der Waals surface area contributed by atoms with Gasteiger partial charge in [-0.05, 0) is 31.5 Å². The molecule has 2 rings (SSSR count). The summed E-state index contributed by atoms with van der Waals surface area (Å²) < 4.78 is 82.4. The number of ether oxygens (including phenoxy) is 1. The van der Waals surface area contributed by atoms with Crippen LogP contribution >= 0.6 is 12.4 Å². The Morgan fingerprint density at radius 1 is 1.09 bits per heavy atom. The zero-order valence-corrected chi connectivity index (χ0v) is 12.3. The van der Waals surface area contributed by atoms with E-state index >= 15 is 0 Å². The molecule has 1 heterocycles. The minimum atomic E-state index is -4.88. The van der Waals surface area contributed by atoms with Crippen molar-refractivity contribution in [2.24, 2.45) is 0 Å². The second-order valence-corrected chi connectivity index (χ2v) is 4.78. The van der Waals surface area contributed by atoms with Crippen LogP contribution in [0.1, 0.15) is 35.6 Å². The van der Waals surface area contributed by atoms with Crippen LogP contribution in [-0.4, -0.2) is 13.7 Å². The fraction of sp³-hybridized carbons (Fsp3) is 0.538. The lowest BCUT2D eigenvalue weighted by atomic mass is 9.95. The number of benzene rings is 1. The highest BCUT2D eigenvalue weighted by atomic mass is 35.5. The number of alkyl halides is 6. The summed E-state index contributed by atoms with van der Waals surface area (Å²) in [5.74, 6) is -0.392. The van der Waals surface area contributed by atoms with Crippen molar-refractivity contribution in [1.29, 1.82) is 0 Å². The lowest BCUT2D eigenvalue weighted by Crippen LogP contribution is -2.21. The number of methoxy groups -OCH3 is 1. The standard InChI is InChI=1S/C13H13F6NO.ClH/c1-21-10-6-7(12(14,15)16)5-8(13(17,18)19)11(10)9-3-2-4-20-9;/h5-6,9,20H,2-4H2,1H3;1H/t9-;/m0./s1. The molecule has 1 aliphatic heterocycles. The van der Waals surface area contributed by atoms with Gasteiger partial charge in [0.05, 0.1) is 18.2 Å². The third-order valence-electron chi connectivity index (χ3n) is 3.40. The average Bonchev–Trinajstić information content (AvgIpc) is 2.88. The van der Waals surface area contributed by atoms with Gasteiger partial charge in [-0.3, -0.25) is 0 Å². The Labute approximate surface area is 129 Å². The van der Waals surface area contributed by atoms with Crippen molar-refractivity contribution in [2.75, 3.05) is 13.7 Å². The molecule has 2 nitrogen and oxygen atoms in total. The molecule has 9 heteroatoms. The van der Waals surface area contributed by atoms with Gasteiger partial charge in [0.2, 0.25) is 0 Å². The average molecular weight is 350 g/mol. The van der Waals surface area contributed by atoms with Crippen LogP contribution in [0.2, 0.25) is 0 Å². The fourth-order valence-electron chi connectivity index (χ4n) is 2.48. The summed E-state index contributed by atoms with van der Waals surface area (Å²) in [7, 11) is 1.06. The molecule has 0 aliphatic carbocycles. The SMILES string of the molecule is COc1cc(C(F)(F)F)cc(C(F)(F)F)c1[C@@H]1CCCN1.Cl. The van der Waals surface area contributed by atoms with Gasteiger partial charge in [-0.15, -0.1) is 12.4 Å². The first-order valence-electron chi connectivity index (χ1n) is 6.24. The molecule has 22 heavy (non-hydrogen) atoms. The summed E-state index contributed by atoms with van der Waals surface area (Å²) in [6, 6.07) is 0.112. The van der Waals surface area contributed by atoms with E-state index in [0.29, 0.717) is 25.5 Å². The molecule has 1 aromatic rings. The summed E-state index contributed by atoms with van der Waals surface area (Å²) in [5, 5.41) is 2.86. The van der Waals surface area contributed by atoms with Crippen molar-refractivity contribution in [2.45, 2.75) is 31.2 Å². The number of rotatable bonds is 2. The van der Waals surface area contributed by atoms with Gasteiger partial charge >= 0.3 is 12.4 Å². The maximum absolute atomic E-state index is 13.1. The maximum atomic E-state index is 13.1. The van der Waals surface area contributed by atoms with Gasteiger partial charge in [0.1, 0.15) is 5.75 Å². The summed E-state index contributed by atoms with van der Waals surface area (Å²) in [5.41, 5.74) is -2.92. The molecule has 0 saturated carbocycles. The number of hydrogen-bond acceptors (Lipinski definition) is 2. The first kappa shape index (κ1) is 18.9. The van der Waals surface area contributed by atoms with Crippen molar-refractivity contribution < 1.29 is 31.1 Å². The Balaban J connectivity index is 0.00000242. The van der Waals surface area contributed by atoms with Gasteiger partial charge < -0.3 is 10.1 Å². The molecule has 0 unspecified atom stereocenters. The maximum Gasteiger partial charge on any atom is 0.416 e. The predicted octanol–water partition coefficient (Wildman–Crippen LogP) is 4.58. The van der Waals surface area contributed by atoms with E-state index in [2.05, 4.69) is 5.32 Å². The molecular weight excluding hydrogens is 336 g/mol. The predicted molar refractivity (Wildman–Crippen MR) is 70.2 cm³/mol. The van der Waals surface area contributed by atoms with E-state index < -0.39 is 35.3 Å². The quantitative estimate of drug-likeness (QED) is 0.789. The normalized spacial score (nSPS) is 19.0. The van der Waals surface area contributed by atoms with Crippen LogP contribution in [0.15, 0.2) is 12.1 Å². The Morgan fingerprint density at radius 3 is 2.14 bits per heavy atom. The molecule has 0 amide bonds. The highest BCUT2D eigenvalue weighted by Crippen LogP contribution is 2.45. The minimum absolute atomic E-state index is 0. The third-order valence-corrected chi connectivity index (χ3v) is 3.40. The fourth-order valence-corrected chi connectivity index (χ4v) is 2.48. The highest BCUT2D eigenvalue weighted by molar-refractivity contribution is 5.85. The van der Waals surface area contributed by atoms with E-state index in [1.165, 1.54) is 0 Å². The van der Waals surface area contributed by atoms with Gasteiger partial charge in [-0.2, -0.15) is 26.3 Å². The molecule has 0 radical (unpaired) electrons. The van der Waals surface area contributed by atoms with Crippen LogP contribution in [0.4, 0.5) is 26.3 Å². The molecule has 1 N–H and O–H groups in total. The van der Waals surface area contributed by atoms with E-state index in [4.69, 9.17) is 4.74 Å². The Hall–Kier alpha value is -1.15. The van der Waals surface area contributed by atoms with Crippen LogP contribution in [-0.2, 0) is 12.4 Å². The van der Waals surface area contributed by atoms with Crippen molar-refractivity contribution in [3.8, 4) is 5.75 Å². The largest absolute Gasteiger partial charge is 0.496 e. The summed E-state index contributed by atoms with van der Waals surface area (Å²) in [6.07, 6.45) is -8.67. The van der Waals surface area contributed by atoms with Crippen LogP contribution in [0.25, 0.3) is 0 Å². The Kier molecular flexibility index (Phi) is 5.61. The Morgan fingerprint density at radius 2 is 1.73 bits per heavy atom. The van der Waals surface area contributed by atoms with Crippen LogP contribution in [0, 0.1) is 0 Å². The first-order valence-corrected chi connectivity index (χ1v) is 6.24. The van der Waals surface area contributed by atoms with E-state index in [1.54, 1.807) is 0 Å². The third kappa shape index (κ3) is 3.78. The van der Waals surface area contributed by atoms with Crippen LogP contribution in [0.5, 0.6) is 5.75 Å². The number of hydrogen-bond donors (Lipinski definition) is 1. The van der Waals surface area contributed by atoms with Crippen molar-refractivity contribution in [3.05, 3.63) is 28.8 Å². The van der Waals surface area contributed by atoms with E-state index in [1.807, 2.05) is 0 Å². The summed E-state index contributed by atoms with van der Waals surface area (Å²) in [4.78, 5) is 0. The molecule has 126 valence electrons. The van der Waals surface area contributed by atoms with Gasteiger partial charge in [-0.1, -0.05) is 0 Å². The number of halogens is 7. The lowest BCUT2D eigenvalue weighted by molar-refractivity contribution is -0.143. The van der Waals surface area contributed by atoms with Gasteiger partial charge in [-0.25, -0.2) is 0 Å². The highest BCUT2D eigenvalue weighted by Gasteiger charge is 2.41. The smallest absolute Gasteiger partial charge is 0.416 e. The Bertz CT molecular complexity index is 522. The molecule has 1 atom stereocenters. The molecular formula is C13H14ClF6NO. The van der Waals surface area contributed by atoms with Gasteiger partial charge in [0.15, 0.2) is 0 Å². The monoisotopic (exact) mass is 349 g/mol. The van der Waals surface area contributed by atoms with E-state index in [0.717, 1.165) is 7.11 Å². The van der Waals surface area contributed by atoms with Crippen molar-refractivity contribution in [1.82, 2.24) is 5.32 Å². The number of nitrogens with one attached hydrogen (secondary N) is 1. The van der Waals surface area contributed by atoms with Crippen LogP contribution < -0.4 is 10.1 Å². The van der Waals surface area contributed by atoms with Crippen molar-refractivity contribution in [3.63, 3.8) is 0 Å². The molecule has 1 aromatic carbocycles. The zero-order chi connectivity index (χ0) is 15.8. The molecule has 1 aliphatic rings. The zero-order valence-electron chi connectivity index (χ0n) is 11.4. The molecule has 0 aromatic heterocycles. The minimum Gasteiger partial charge on any atom is -0.496 e. The molecule has 1 fully saturated rings. The summed E-state index contributed by atoms with van der Waals surface area (Å²) >= 11 is 0. The van der Waals surface area contributed by atoms with Gasteiger partial charge in [0.25, 0.3) is 0 Å². The molecule has 0 bridgehead atoms. The molecule has 1 saturated heterocycles. The summed E-state index contributed by atoms with van der Waals surface area (Å²) in [6.45, 7) is 0.520.